The van der Waals surface area contributed by atoms with Crippen molar-refractivity contribution in [1.29, 1.82) is 0 Å². The van der Waals surface area contributed by atoms with Crippen LogP contribution in [0.25, 0.3) is 0 Å². The van der Waals surface area contributed by atoms with Crippen molar-refractivity contribution in [3.8, 4) is 0 Å². The number of aliphatic hydroxyl groups excluding tert-OH is 1. The van der Waals surface area contributed by atoms with Gasteiger partial charge in [0, 0.05) is 0 Å². The first kappa shape index (κ1) is 14.9. The first-order chi connectivity index (χ1) is 8.63. The Bertz CT molecular complexity index is 334. The summed E-state index contributed by atoms with van der Waals surface area (Å²) in [5.41, 5.74) is 1.18. The summed E-state index contributed by atoms with van der Waals surface area (Å²) in [5.74, 6) is 0.337. The van der Waals surface area contributed by atoms with Gasteiger partial charge in [-0.15, -0.1) is 6.58 Å². The molecule has 0 aliphatic rings. The highest BCUT2D eigenvalue weighted by molar-refractivity contribution is 5.13. The minimum absolute atomic E-state index is 0.143. The molecule has 0 saturated heterocycles. The highest BCUT2D eigenvalue weighted by Gasteiger charge is 2.16. The molecular formula is C16H24O2. The van der Waals surface area contributed by atoms with Crippen molar-refractivity contribution >= 4 is 0 Å². The second-order valence-corrected chi connectivity index (χ2v) is 4.89. The molecule has 2 heteroatoms. The molecule has 2 nitrogen and oxygen atoms in total. The van der Waals surface area contributed by atoms with Crippen LogP contribution in [0, 0.1) is 5.92 Å². The number of rotatable bonds is 8. The number of ether oxygens (including phenoxy) is 1. The molecule has 0 aliphatic carbocycles. The van der Waals surface area contributed by atoms with Gasteiger partial charge in [0.15, 0.2) is 0 Å². The number of hydrogen-bond donors (Lipinski definition) is 1. The van der Waals surface area contributed by atoms with E-state index in [1.165, 1.54) is 5.56 Å². The summed E-state index contributed by atoms with van der Waals surface area (Å²) in [6, 6.07) is 10.1. The average molecular weight is 248 g/mol. The van der Waals surface area contributed by atoms with Gasteiger partial charge in [0.1, 0.15) is 0 Å². The Kier molecular flexibility index (Phi) is 6.69. The summed E-state index contributed by atoms with van der Waals surface area (Å²) in [7, 11) is 0. The first-order valence-corrected chi connectivity index (χ1v) is 6.58. The van der Waals surface area contributed by atoms with Crippen molar-refractivity contribution in [2.45, 2.75) is 45.5 Å². The Morgan fingerprint density at radius 1 is 1.28 bits per heavy atom. The fourth-order valence-electron chi connectivity index (χ4n) is 1.88. The first-order valence-electron chi connectivity index (χ1n) is 6.58. The van der Waals surface area contributed by atoms with Gasteiger partial charge in [-0.3, -0.25) is 0 Å². The molecule has 18 heavy (non-hydrogen) atoms. The molecular weight excluding hydrogens is 224 g/mol. The van der Waals surface area contributed by atoms with E-state index >= 15 is 0 Å². The molecule has 0 amide bonds. The van der Waals surface area contributed by atoms with Gasteiger partial charge in [-0.1, -0.05) is 43.3 Å². The summed E-state index contributed by atoms with van der Waals surface area (Å²) in [5, 5.41) is 9.73. The van der Waals surface area contributed by atoms with E-state index < -0.39 is 0 Å². The maximum Gasteiger partial charge on any atom is 0.0720 e. The summed E-state index contributed by atoms with van der Waals surface area (Å²) < 4.78 is 5.83. The Hall–Kier alpha value is -1.12. The molecule has 100 valence electrons. The smallest absolute Gasteiger partial charge is 0.0720 e. The fraction of sp³-hybridized carbons (Fsp3) is 0.500. The molecule has 0 aliphatic heterocycles. The van der Waals surface area contributed by atoms with E-state index in [0.717, 1.165) is 6.42 Å². The molecule has 0 spiro atoms. The molecule has 0 bridgehead atoms. The Labute approximate surface area is 110 Å². The van der Waals surface area contributed by atoms with Crippen LogP contribution in [0.15, 0.2) is 43.0 Å². The van der Waals surface area contributed by atoms with Gasteiger partial charge >= 0.3 is 0 Å². The van der Waals surface area contributed by atoms with Gasteiger partial charge in [-0.2, -0.15) is 0 Å². The third-order valence-corrected chi connectivity index (χ3v) is 3.24. The molecule has 3 atom stereocenters. The predicted molar refractivity (Wildman–Crippen MR) is 75.3 cm³/mol. The summed E-state index contributed by atoms with van der Waals surface area (Å²) in [6.45, 7) is 8.44. The number of hydrogen-bond acceptors (Lipinski definition) is 2. The van der Waals surface area contributed by atoms with Crippen LogP contribution >= 0.6 is 0 Å². The minimum Gasteiger partial charge on any atom is -0.393 e. The normalized spacial score (nSPS) is 15.9. The van der Waals surface area contributed by atoms with E-state index in [-0.39, 0.29) is 12.2 Å². The molecule has 0 radical (unpaired) electrons. The molecule has 1 rings (SSSR count). The van der Waals surface area contributed by atoms with Crippen molar-refractivity contribution in [3.05, 3.63) is 48.6 Å². The van der Waals surface area contributed by atoms with Crippen LogP contribution in [-0.4, -0.2) is 17.3 Å². The molecule has 0 aromatic heterocycles. The standard InChI is InChI=1S/C16H24O2/c1-4-8-16(17)11-13(2)14(3)18-12-15-9-6-5-7-10-15/h4-7,9-10,13-14,16-17H,1,8,11-12H2,2-3H3/t13-,14-,16+/m1/s1. The van der Waals surface area contributed by atoms with E-state index in [1.54, 1.807) is 6.08 Å². The van der Waals surface area contributed by atoms with Crippen LogP contribution in [0.4, 0.5) is 0 Å². The van der Waals surface area contributed by atoms with Gasteiger partial charge in [0.05, 0.1) is 18.8 Å². The molecule has 0 heterocycles. The van der Waals surface area contributed by atoms with Gasteiger partial charge < -0.3 is 9.84 Å². The second-order valence-electron chi connectivity index (χ2n) is 4.89. The summed E-state index contributed by atoms with van der Waals surface area (Å²) in [4.78, 5) is 0. The number of aliphatic hydroxyl groups is 1. The van der Waals surface area contributed by atoms with Crippen molar-refractivity contribution in [2.75, 3.05) is 0 Å². The lowest BCUT2D eigenvalue weighted by atomic mass is 9.97. The van der Waals surface area contributed by atoms with Crippen LogP contribution in [0.5, 0.6) is 0 Å². The van der Waals surface area contributed by atoms with Crippen molar-refractivity contribution in [3.63, 3.8) is 0 Å². The Morgan fingerprint density at radius 2 is 1.94 bits per heavy atom. The highest BCUT2D eigenvalue weighted by atomic mass is 16.5. The van der Waals surface area contributed by atoms with Gasteiger partial charge in [0.2, 0.25) is 0 Å². The van der Waals surface area contributed by atoms with Crippen LogP contribution in [0.3, 0.4) is 0 Å². The highest BCUT2D eigenvalue weighted by Crippen LogP contribution is 2.17. The maximum absolute atomic E-state index is 9.73. The van der Waals surface area contributed by atoms with Crippen LogP contribution in [0.1, 0.15) is 32.3 Å². The lowest BCUT2D eigenvalue weighted by Crippen LogP contribution is -2.22. The zero-order valence-corrected chi connectivity index (χ0v) is 11.4. The van der Waals surface area contributed by atoms with E-state index in [1.807, 2.05) is 18.2 Å². The zero-order valence-electron chi connectivity index (χ0n) is 11.4. The van der Waals surface area contributed by atoms with E-state index in [4.69, 9.17) is 4.74 Å². The zero-order chi connectivity index (χ0) is 13.4. The third-order valence-electron chi connectivity index (χ3n) is 3.24. The maximum atomic E-state index is 9.73. The summed E-state index contributed by atoms with van der Waals surface area (Å²) >= 11 is 0. The lowest BCUT2D eigenvalue weighted by molar-refractivity contribution is 0.00229. The van der Waals surface area contributed by atoms with E-state index in [2.05, 4.69) is 32.6 Å². The SMILES string of the molecule is C=CC[C@H](O)C[C@@H](C)[C@@H](C)OCc1ccccc1. The van der Waals surface area contributed by atoms with Crippen molar-refractivity contribution < 1.29 is 9.84 Å². The van der Waals surface area contributed by atoms with Crippen LogP contribution in [0.2, 0.25) is 0 Å². The largest absolute Gasteiger partial charge is 0.393 e. The van der Waals surface area contributed by atoms with Crippen molar-refractivity contribution in [2.24, 2.45) is 5.92 Å². The van der Waals surface area contributed by atoms with Crippen LogP contribution < -0.4 is 0 Å². The van der Waals surface area contributed by atoms with E-state index in [9.17, 15) is 5.11 Å². The van der Waals surface area contributed by atoms with Crippen LogP contribution in [-0.2, 0) is 11.3 Å². The lowest BCUT2D eigenvalue weighted by Gasteiger charge is -2.22. The third kappa shape index (κ3) is 5.48. The van der Waals surface area contributed by atoms with Gasteiger partial charge in [-0.25, -0.2) is 0 Å². The van der Waals surface area contributed by atoms with Gasteiger partial charge in [0.25, 0.3) is 0 Å². The molecule has 0 saturated carbocycles. The Balaban J connectivity index is 2.31. The molecule has 1 aromatic rings. The fourth-order valence-corrected chi connectivity index (χ4v) is 1.88. The monoisotopic (exact) mass is 248 g/mol. The topological polar surface area (TPSA) is 29.5 Å². The molecule has 0 unspecified atom stereocenters. The molecule has 1 aromatic carbocycles. The minimum atomic E-state index is -0.305. The predicted octanol–water partition coefficient (Wildman–Crippen LogP) is 3.55. The molecule has 0 fully saturated rings. The van der Waals surface area contributed by atoms with Gasteiger partial charge in [-0.05, 0) is 31.2 Å². The summed E-state index contributed by atoms with van der Waals surface area (Å²) in [6.07, 6.45) is 3.00. The number of benzene rings is 1. The second kappa shape index (κ2) is 8.06. The van der Waals surface area contributed by atoms with E-state index in [0.29, 0.717) is 18.9 Å². The quantitative estimate of drug-likeness (QED) is 0.713. The Morgan fingerprint density at radius 3 is 2.56 bits per heavy atom. The average Bonchev–Trinajstić information content (AvgIpc) is 2.37. The van der Waals surface area contributed by atoms with Crippen molar-refractivity contribution in [1.82, 2.24) is 0 Å². The molecule has 1 N–H and O–H groups in total.